The van der Waals surface area contributed by atoms with Crippen LogP contribution in [0.3, 0.4) is 0 Å². The number of nitrogens with zero attached hydrogens (tertiary/aromatic N) is 2. The van der Waals surface area contributed by atoms with Crippen molar-refractivity contribution in [3.8, 4) is 0 Å². The third-order valence-corrected chi connectivity index (χ3v) is 7.70. The number of carbonyl (C=O) groups is 2. The van der Waals surface area contributed by atoms with E-state index in [1.807, 2.05) is 6.92 Å². The topological polar surface area (TPSA) is 124 Å². The number of carbonyl (C=O) groups excluding carboxylic acids is 2. The van der Waals surface area contributed by atoms with E-state index in [0.29, 0.717) is 30.9 Å². The molecule has 0 saturated heterocycles. The van der Waals surface area contributed by atoms with Gasteiger partial charge in [-0.25, -0.2) is 4.79 Å². The van der Waals surface area contributed by atoms with Crippen molar-refractivity contribution in [2.24, 2.45) is 21.4 Å². The number of amides is 1. The summed E-state index contributed by atoms with van der Waals surface area (Å²) in [7, 11) is 0. The molecule has 2 saturated carbocycles. The number of furan rings is 1. The Labute approximate surface area is 185 Å². The summed E-state index contributed by atoms with van der Waals surface area (Å²) < 4.78 is 5.31. The molecule has 168 valence electrons. The zero-order valence-corrected chi connectivity index (χ0v) is 18.2. The van der Waals surface area contributed by atoms with Crippen LogP contribution in [0.4, 0.5) is 5.69 Å². The van der Waals surface area contributed by atoms with Crippen LogP contribution >= 0.6 is 0 Å². The summed E-state index contributed by atoms with van der Waals surface area (Å²) in [4.78, 5) is 41.3. The fourth-order valence-corrected chi connectivity index (χ4v) is 5.17. The largest absolute Gasteiger partial charge is 0.467 e. The number of nitro groups is 1. The maximum Gasteiger partial charge on any atom is 0.365 e. The molecule has 1 N–H and O–H groups in total. The van der Waals surface area contributed by atoms with Crippen LogP contribution in [0.1, 0.15) is 56.2 Å². The molecule has 2 bridgehead atoms. The van der Waals surface area contributed by atoms with Crippen molar-refractivity contribution in [1.82, 2.24) is 5.32 Å². The molecule has 2 aromatic rings. The molecule has 2 aliphatic carbocycles. The molecule has 2 unspecified atom stereocenters. The van der Waals surface area contributed by atoms with Crippen molar-refractivity contribution in [3.05, 3.63) is 64.1 Å². The minimum absolute atomic E-state index is 0.0435. The summed E-state index contributed by atoms with van der Waals surface area (Å²) in [5, 5.41) is 18.1. The monoisotopic (exact) mass is 439 g/mol. The molecule has 0 spiro atoms. The second kappa shape index (κ2) is 7.58. The van der Waals surface area contributed by atoms with Crippen LogP contribution in [0.5, 0.6) is 0 Å². The molecule has 1 aromatic heterocycles. The molecule has 1 amide bonds. The first kappa shape index (κ1) is 21.7. The van der Waals surface area contributed by atoms with Gasteiger partial charge in [0.15, 0.2) is 0 Å². The van der Waals surface area contributed by atoms with Gasteiger partial charge in [0.05, 0.1) is 34.4 Å². The highest BCUT2D eigenvalue weighted by Gasteiger charge is 2.71. The standard InChI is InChI=1S/C23H25N3O6/c1-21(2)22(3)9-10-23(21,20(28)24-14-17-8-5-11-31-17)13-18(22)25-32-19(27)15-6-4-7-16(12-15)26(29)30/h4-8,11-12H,9-10,13-14H2,1-3H3,(H,24,28). The number of non-ortho nitro benzene ring substituents is 1. The number of nitrogens with one attached hydrogen (secondary N) is 1. The highest BCUT2D eigenvalue weighted by atomic mass is 16.7. The van der Waals surface area contributed by atoms with Crippen LogP contribution in [-0.2, 0) is 16.2 Å². The average Bonchev–Trinajstić information content (AvgIpc) is 3.40. The predicted octanol–water partition coefficient (Wildman–Crippen LogP) is 4.23. The number of rotatable bonds is 6. The van der Waals surface area contributed by atoms with E-state index in [1.54, 1.807) is 18.4 Å². The van der Waals surface area contributed by atoms with Gasteiger partial charge in [0.2, 0.25) is 5.91 Å². The van der Waals surface area contributed by atoms with Crippen molar-refractivity contribution < 1.29 is 23.8 Å². The minimum Gasteiger partial charge on any atom is -0.467 e. The molecule has 0 aliphatic heterocycles. The molecule has 1 heterocycles. The van der Waals surface area contributed by atoms with E-state index in [-0.39, 0.29) is 17.2 Å². The third-order valence-electron chi connectivity index (χ3n) is 7.70. The predicted molar refractivity (Wildman–Crippen MR) is 115 cm³/mol. The van der Waals surface area contributed by atoms with Gasteiger partial charge < -0.3 is 14.6 Å². The third kappa shape index (κ3) is 3.19. The molecule has 9 heteroatoms. The normalized spacial score (nSPS) is 26.8. The Morgan fingerprint density at radius 3 is 2.69 bits per heavy atom. The number of nitro benzene ring substituents is 1. The van der Waals surface area contributed by atoms with Gasteiger partial charge in [-0.15, -0.1) is 0 Å². The summed E-state index contributed by atoms with van der Waals surface area (Å²) in [6.45, 7) is 6.45. The lowest BCUT2D eigenvalue weighted by molar-refractivity contribution is -0.384. The average molecular weight is 439 g/mol. The summed E-state index contributed by atoms with van der Waals surface area (Å²) in [5.74, 6) is -0.175. The highest BCUT2D eigenvalue weighted by molar-refractivity contribution is 6.02. The number of hydrogen-bond donors (Lipinski definition) is 1. The first-order chi connectivity index (χ1) is 15.1. The van der Waals surface area contributed by atoms with Crippen molar-refractivity contribution >= 4 is 23.3 Å². The van der Waals surface area contributed by atoms with E-state index in [2.05, 4.69) is 24.3 Å². The molecular weight excluding hydrogens is 414 g/mol. The van der Waals surface area contributed by atoms with Gasteiger partial charge in [0.1, 0.15) is 5.76 Å². The van der Waals surface area contributed by atoms with E-state index in [1.165, 1.54) is 18.2 Å². The zero-order chi connectivity index (χ0) is 23.1. The summed E-state index contributed by atoms with van der Waals surface area (Å²) in [6.07, 6.45) is 3.38. The number of benzene rings is 1. The number of oxime groups is 1. The Balaban J connectivity index is 1.54. The SMILES string of the molecule is CC12CCC(C(=O)NCc3ccco3)(CC1=NOC(=O)c1cccc([N+](=O)[O-])c1)C2(C)C. The Morgan fingerprint density at radius 1 is 1.22 bits per heavy atom. The van der Waals surface area contributed by atoms with Crippen molar-refractivity contribution in [1.29, 1.82) is 0 Å². The van der Waals surface area contributed by atoms with Crippen LogP contribution in [0, 0.1) is 26.4 Å². The molecule has 2 atom stereocenters. The summed E-state index contributed by atoms with van der Waals surface area (Å²) >= 11 is 0. The van der Waals surface area contributed by atoms with Crippen LogP contribution in [0.25, 0.3) is 0 Å². The molecule has 4 rings (SSSR count). The lowest BCUT2D eigenvalue weighted by atomic mass is 9.64. The van der Waals surface area contributed by atoms with E-state index < -0.39 is 27.1 Å². The Hall–Kier alpha value is -3.49. The maximum absolute atomic E-state index is 13.3. The smallest absolute Gasteiger partial charge is 0.365 e. The molecule has 9 nitrogen and oxygen atoms in total. The molecular formula is C23H25N3O6. The van der Waals surface area contributed by atoms with E-state index >= 15 is 0 Å². The fourth-order valence-electron chi connectivity index (χ4n) is 5.17. The van der Waals surface area contributed by atoms with E-state index in [4.69, 9.17) is 9.25 Å². The second-order valence-corrected chi connectivity index (χ2v) is 9.20. The number of hydrogen-bond acceptors (Lipinski definition) is 7. The lowest BCUT2D eigenvalue weighted by Crippen LogP contribution is -2.46. The van der Waals surface area contributed by atoms with Crippen LogP contribution in [-0.4, -0.2) is 22.5 Å². The molecule has 0 radical (unpaired) electrons. The van der Waals surface area contributed by atoms with Gasteiger partial charge >= 0.3 is 5.97 Å². The summed E-state index contributed by atoms with van der Waals surface area (Å²) in [6, 6.07) is 8.88. The molecule has 2 fully saturated rings. The van der Waals surface area contributed by atoms with Crippen molar-refractivity contribution in [3.63, 3.8) is 0 Å². The summed E-state index contributed by atoms with van der Waals surface area (Å²) in [5.41, 5.74) is -1.01. The van der Waals surface area contributed by atoms with Crippen molar-refractivity contribution in [2.75, 3.05) is 0 Å². The van der Waals surface area contributed by atoms with Gasteiger partial charge in [-0.2, -0.15) is 0 Å². The van der Waals surface area contributed by atoms with Crippen molar-refractivity contribution in [2.45, 2.75) is 46.6 Å². The van der Waals surface area contributed by atoms with Crippen LogP contribution in [0.2, 0.25) is 0 Å². The second-order valence-electron chi connectivity index (χ2n) is 9.20. The quantitative estimate of drug-likeness (QED) is 0.408. The van der Waals surface area contributed by atoms with E-state index in [9.17, 15) is 19.7 Å². The van der Waals surface area contributed by atoms with Gasteiger partial charge in [0.25, 0.3) is 5.69 Å². The van der Waals surface area contributed by atoms with Crippen LogP contribution in [0.15, 0.2) is 52.2 Å². The first-order valence-corrected chi connectivity index (χ1v) is 10.4. The maximum atomic E-state index is 13.3. The fraction of sp³-hybridized carbons (Fsp3) is 0.435. The first-order valence-electron chi connectivity index (χ1n) is 10.4. The van der Waals surface area contributed by atoms with Crippen LogP contribution < -0.4 is 5.32 Å². The zero-order valence-electron chi connectivity index (χ0n) is 18.2. The molecule has 1 aromatic carbocycles. The lowest BCUT2D eigenvalue weighted by Gasteiger charge is -2.39. The highest BCUT2D eigenvalue weighted by Crippen LogP contribution is 2.71. The molecule has 32 heavy (non-hydrogen) atoms. The minimum atomic E-state index is -0.776. The number of fused-ring (bicyclic) bond motifs is 2. The van der Waals surface area contributed by atoms with Gasteiger partial charge in [-0.1, -0.05) is 32.0 Å². The Morgan fingerprint density at radius 2 is 2.00 bits per heavy atom. The Bertz CT molecular complexity index is 1110. The van der Waals surface area contributed by atoms with Gasteiger partial charge in [-0.05, 0) is 36.5 Å². The van der Waals surface area contributed by atoms with Gasteiger partial charge in [-0.3, -0.25) is 14.9 Å². The Kier molecular flexibility index (Phi) is 5.15. The van der Waals surface area contributed by atoms with E-state index in [0.717, 1.165) is 12.5 Å². The van der Waals surface area contributed by atoms with Gasteiger partial charge in [0, 0.05) is 24.0 Å². The molecule has 2 aliphatic rings.